The molecule has 0 aromatic heterocycles. The Morgan fingerprint density at radius 3 is 2.20 bits per heavy atom. The van der Waals surface area contributed by atoms with Gasteiger partial charge in [0.25, 0.3) is 0 Å². The zero-order valence-electron chi connectivity index (χ0n) is 5.86. The zero-order chi connectivity index (χ0) is 7.49. The minimum absolute atomic E-state index is 0. The number of hydrogen-bond acceptors (Lipinski definition) is 4. The predicted molar refractivity (Wildman–Crippen MR) is 29.4 cm³/mol. The average Bonchev–Trinajstić information content (AvgIpc) is 1.59. The van der Waals surface area contributed by atoms with Gasteiger partial charge in [-0.1, -0.05) is 0 Å². The minimum Gasteiger partial charge on any atom is -0.735 e. The maximum atomic E-state index is 9.76. The molecule has 0 rings (SSSR count). The van der Waals surface area contributed by atoms with Crippen LogP contribution < -0.4 is 56.1 Å². The maximum absolute atomic E-state index is 9.76. The van der Waals surface area contributed by atoms with Crippen LogP contribution >= 0.6 is 0 Å². The third-order valence-corrected chi connectivity index (χ3v) is 1.08. The first-order valence-electron chi connectivity index (χ1n) is 2.30. The summed E-state index contributed by atoms with van der Waals surface area (Å²) in [6.45, 7) is 1.14. The second-order valence-electron chi connectivity index (χ2n) is 1.65. The summed E-state index contributed by atoms with van der Waals surface area (Å²) in [6.07, 6.45) is -0.825. The molecule has 0 spiro atoms. The Morgan fingerprint density at radius 1 is 1.70 bits per heavy atom. The van der Waals surface area contributed by atoms with Crippen molar-refractivity contribution in [1.29, 1.82) is 0 Å². The second-order valence-corrected chi connectivity index (χ2v) is 2.85. The first-order valence-corrected chi connectivity index (χ1v) is 3.71. The fourth-order valence-corrected chi connectivity index (χ4v) is 0.668. The number of hydrogen-bond donors (Lipinski definition) is 2. The largest absolute Gasteiger partial charge is 1.00 e. The van der Waals surface area contributed by atoms with E-state index in [2.05, 4.69) is 0 Å². The van der Waals surface area contributed by atoms with Crippen molar-refractivity contribution in [1.82, 2.24) is 4.72 Å². The van der Waals surface area contributed by atoms with Crippen LogP contribution in [-0.4, -0.2) is 30.7 Å². The summed E-state index contributed by atoms with van der Waals surface area (Å²) in [5.74, 6) is 0. The van der Waals surface area contributed by atoms with Crippen molar-refractivity contribution in [3.8, 4) is 0 Å². The second kappa shape index (κ2) is 6.04. The average molecular weight is 193 g/mol. The molecule has 0 saturated carbocycles. The molecule has 0 aliphatic heterocycles. The number of aliphatic hydroxyl groups is 1. The number of rotatable bonds is 3. The van der Waals surface area contributed by atoms with Gasteiger partial charge in [-0.25, -0.2) is 13.1 Å². The first-order chi connectivity index (χ1) is 3.92. The molecule has 0 aliphatic carbocycles. The van der Waals surface area contributed by atoms with E-state index >= 15 is 0 Å². The standard InChI is InChI=1S/C3H9NO4S.K/c1-3(5)2-4-9(6,7)8;/h3-5H,2H2,1H3,(H,6,7,8);/q;+1/p-1. The van der Waals surface area contributed by atoms with E-state index < -0.39 is 16.4 Å². The monoisotopic (exact) mass is 193 g/mol. The summed E-state index contributed by atoms with van der Waals surface area (Å²) < 4.78 is 30.9. The van der Waals surface area contributed by atoms with E-state index in [0.29, 0.717) is 0 Å². The van der Waals surface area contributed by atoms with Gasteiger partial charge in [-0.2, -0.15) is 0 Å². The zero-order valence-corrected chi connectivity index (χ0v) is 9.80. The predicted octanol–water partition coefficient (Wildman–Crippen LogP) is -4.58. The molecule has 10 heavy (non-hydrogen) atoms. The topological polar surface area (TPSA) is 89.5 Å². The third-order valence-electron chi connectivity index (χ3n) is 0.556. The van der Waals surface area contributed by atoms with E-state index in [9.17, 15) is 13.0 Å². The Kier molecular flexibility index (Phi) is 8.46. The molecule has 56 valence electrons. The van der Waals surface area contributed by atoms with Gasteiger partial charge in [0.05, 0.1) is 6.10 Å². The van der Waals surface area contributed by atoms with Crippen molar-refractivity contribution in [3.63, 3.8) is 0 Å². The van der Waals surface area contributed by atoms with Gasteiger partial charge in [-0.05, 0) is 6.92 Å². The van der Waals surface area contributed by atoms with Gasteiger partial charge in [0.15, 0.2) is 10.3 Å². The maximum Gasteiger partial charge on any atom is 1.00 e. The van der Waals surface area contributed by atoms with E-state index in [0.717, 1.165) is 0 Å². The summed E-state index contributed by atoms with van der Waals surface area (Å²) in [5, 5.41) is 8.45. The molecule has 0 fully saturated rings. The van der Waals surface area contributed by atoms with Gasteiger partial charge in [0, 0.05) is 6.54 Å². The summed E-state index contributed by atoms with van der Waals surface area (Å²) in [4.78, 5) is 0. The van der Waals surface area contributed by atoms with Crippen LogP contribution in [0.1, 0.15) is 6.92 Å². The van der Waals surface area contributed by atoms with Gasteiger partial charge in [0.2, 0.25) is 0 Å². The minimum atomic E-state index is -4.38. The molecule has 0 amide bonds. The molecule has 0 bridgehead atoms. The molecular formula is C3H8KNO4S. The summed E-state index contributed by atoms with van der Waals surface area (Å²) in [5.41, 5.74) is 0. The van der Waals surface area contributed by atoms with Gasteiger partial charge in [0.1, 0.15) is 0 Å². The smallest absolute Gasteiger partial charge is 0.735 e. The number of aliphatic hydroxyl groups excluding tert-OH is 1. The van der Waals surface area contributed by atoms with Gasteiger partial charge in [-0.3, -0.25) is 0 Å². The van der Waals surface area contributed by atoms with Crippen LogP contribution in [0, 0.1) is 0 Å². The molecule has 1 unspecified atom stereocenters. The van der Waals surface area contributed by atoms with Gasteiger partial charge < -0.3 is 9.66 Å². The van der Waals surface area contributed by atoms with Crippen LogP contribution in [0.5, 0.6) is 0 Å². The molecule has 5 nitrogen and oxygen atoms in total. The normalized spacial score (nSPS) is 13.9. The number of nitrogens with one attached hydrogen (secondary N) is 1. The van der Waals surface area contributed by atoms with Crippen LogP contribution in [0.25, 0.3) is 0 Å². The first kappa shape index (κ1) is 14.0. The van der Waals surface area contributed by atoms with Gasteiger partial charge >= 0.3 is 51.4 Å². The van der Waals surface area contributed by atoms with Crippen molar-refractivity contribution in [2.24, 2.45) is 0 Å². The van der Waals surface area contributed by atoms with Crippen LogP contribution in [0.2, 0.25) is 0 Å². The summed E-state index contributed by atoms with van der Waals surface area (Å²) in [7, 11) is -4.38. The molecule has 0 saturated heterocycles. The fourth-order valence-electron chi connectivity index (χ4n) is 0.223. The third kappa shape index (κ3) is 12.2. The Morgan fingerprint density at radius 2 is 2.10 bits per heavy atom. The van der Waals surface area contributed by atoms with E-state index in [-0.39, 0.29) is 57.9 Å². The van der Waals surface area contributed by atoms with E-state index in [1.165, 1.54) is 6.92 Å². The molecule has 0 aliphatic rings. The van der Waals surface area contributed by atoms with Crippen LogP contribution in [-0.2, 0) is 10.3 Å². The van der Waals surface area contributed by atoms with E-state index in [1.807, 2.05) is 0 Å². The molecule has 0 heterocycles. The Balaban J connectivity index is 0. The van der Waals surface area contributed by atoms with E-state index in [4.69, 9.17) is 5.11 Å². The van der Waals surface area contributed by atoms with E-state index in [1.54, 1.807) is 4.72 Å². The van der Waals surface area contributed by atoms with Crippen molar-refractivity contribution in [2.45, 2.75) is 13.0 Å². The van der Waals surface area contributed by atoms with Gasteiger partial charge in [-0.15, -0.1) is 0 Å². The van der Waals surface area contributed by atoms with Crippen molar-refractivity contribution < 1.29 is 69.5 Å². The molecule has 2 N–H and O–H groups in total. The molecule has 0 radical (unpaired) electrons. The van der Waals surface area contributed by atoms with Crippen LogP contribution in [0.4, 0.5) is 0 Å². The Bertz CT molecular complexity index is 165. The summed E-state index contributed by atoms with van der Waals surface area (Å²) >= 11 is 0. The SMILES string of the molecule is CC(O)CNS(=O)(=O)[O-].[K+]. The fraction of sp³-hybridized carbons (Fsp3) is 1.00. The quantitative estimate of drug-likeness (QED) is 0.349. The van der Waals surface area contributed by atoms with Crippen molar-refractivity contribution >= 4 is 10.3 Å². The van der Waals surface area contributed by atoms with Crippen molar-refractivity contribution in [2.75, 3.05) is 6.54 Å². The van der Waals surface area contributed by atoms with Crippen LogP contribution in [0.3, 0.4) is 0 Å². The molecular weight excluding hydrogens is 185 g/mol. The summed E-state index contributed by atoms with van der Waals surface area (Å²) in [6, 6.07) is 0. The Labute approximate surface area is 102 Å². The molecule has 7 heteroatoms. The van der Waals surface area contributed by atoms with Crippen molar-refractivity contribution in [3.05, 3.63) is 0 Å². The molecule has 0 aromatic rings. The Hall–Kier alpha value is 1.47. The molecule has 1 atom stereocenters. The van der Waals surface area contributed by atoms with Crippen LogP contribution in [0.15, 0.2) is 0 Å². The molecule has 0 aromatic carbocycles.